The average Bonchev–Trinajstić information content (AvgIpc) is 4.25. The molecule has 2 saturated carbocycles. The topological polar surface area (TPSA) is 324 Å². The second-order valence-corrected chi connectivity index (χ2v) is 21.3. The fourth-order valence-electron chi connectivity index (χ4n) is 8.82. The van der Waals surface area contributed by atoms with E-state index in [9.17, 15) is 38.4 Å². The van der Waals surface area contributed by atoms with E-state index in [0.717, 1.165) is 107 Å². The summed E-state index contributed by atoms with van der Waals surface area (Å²) in [6, 6.07) is 13.5. The molecular weight excluding hydrogens is 1100 g/mol. The molecule has 2 amide bonds. The number of methoxy groups -OCH3 is 2. The fraction of sp³-hybridized carbons (Fsp3) is 0.429. The molecule has 4 heterocycles. The van der Waals surface area contributed by atoms with Crippen LogP contribution >= 0.6 is 22.7 Å². The second kappa shape index (κ2) is 33.8. The number of hydrogen-bond donors (Lipinski definition) is 6. The third-order valence-corrected chi connectivity index (χ3v) is 15.0. The first-order valence-electron chi connectivity index (χ1n) is 26.1. The van der Waals surface area contributed by atoms with Gasteiger partial charge in [0.1, 0.15) is 9.75 Å². The minimum atomic E-state index is -1.26. The number of ether oxygens (including phenoxy) is 2. The SMILES string of the molecule is COCCN(C)Cc1ccc2nc3sc(C(=O)N(C)C4CCCCC4)cn3c2c1.COCCN(C)Cc1ccc2nc3sc(C(=O)N(C)C4CCCCC4)cn3c2c1.O=C(O)/C=C/C(=O)O.O=C(O)/C=C/C(=O)O.O=C(O)/C=C/C(=O)O. The Morgan fingerprint density at radius 2 is 0.817 bits per heavy atom. The van der Waals surface area contributed by atoms with Crippen LogP contribution in [0.15, 0.2) is 85.2 Å². The highest BCUT2D eigenvalue weighted by Crippen LogP contribution is 2.30. The third-order valence-electron chi connectivity index (χ3n) is 13.0. The number of imidazole rings is 2. The summed E-state index contributed by atoms with van der Waals surface area (Å²) in [5.74, 6) is -7.30. The molecule has 4 aromatic heterocycles. The van der Waals surface area contributed by atoms with E-state index in [4.69, 9.17) is 50.1 Å². The van der Waals surface area contributed by atoms with E-state index in [-0.39, 0.29) is 11.8 Å². The summed E-state index contributed by atoms with van der Waals surface area (Å²) in [6.07, 6.45) is 19.2. The van der Waals surface area contributed by atoms with Gasteiger partial charge in [-0.2, -0.15) is 0 Å². The lowest BCUT2D eigenvalue weighted by atomic mass is 9.94. The standard InChI is InChI=1S/2C22H30N4O2S.3C4H4O4/c2*1-24(11-12-28-3)14-16-9-10-18-19(13-16)26-15-20(29-22(26)23-18)21(27)25(2)17-7-5-4-6-8-17;3*5-3(6)1-2-4(7)8/h2*9-10,13,15,17H,4-8,11-12,14H2,1-3H3;3*1-2H,(H,5,6)(H,7,8)/b;;3*2-1+. The molecule has 444 valence electrons. The van der Waals surface area contributed by atoms with Gasteiger partial charge in [-0.05, 0) is 75.2 Å². The molecule has 82 heavy (non-hydrogen) atoms. The van der Waals surface area contributed by atoms with Crippen LogP contribution in [0.2, 0.25) is 0 Å². The van der Waals surface area contributed by atoms with E-state index in [0.29, 0.717) is 48.5 Å². The lowest BCUT2D eigenvalue weighted by molar-refractivity contribution is -0.134. The van der Waals surface area contributed by atoms with Crippen molar-refractivity contribution < 1.29 is 78.5 Å². The Hall–Kier alpha value is -7.88. The van der Waals surface area contributed by atoms with Crippen molar-refractivity contribution in [3.05, 3.63) is 106 Å². The van der Waals surface area contributed by atoms with Crippen LogP contribution in [0.5, 0.6) is 0 Å². The zero-order chi connectivity index (χ0) is 60.5. The average molecular weight is 1180 g/mol. The third kappa shape index (κ3) is 21.9. The van der Waals surface area contributed by atoms with Crippen molar-refractivity contribution in [2.75, 3.05) is 68.7 Å². The van der Waals surface area contributed by atoms with Crippen molar-refractivity contribution >= 4 is 102 Å². The van der Waals surface area contributed by atoms with Crippen molar-refractivity contribution in [3.63, 3.8) is 0 Å². The van der Waals surface area contributed by atoms with E-state index in [1.54, 1.807) is 14.2 Å². The van der Waals surface area contributed by atoms with Gasteiger partial charge in [0.25, 0.3) is 11.8 Å². The first-order valence-corrected chi connectivity index (χ1v) is 27.8. The Labute approximate surface area is 481 Å². The lowest BCUT2D eigenvalue weighted by Gasteiger charge is -2.30. The molecule has 2 fully saturated rings. The van der Waals surface area contributed by atoms with Crippen molar-refractivity contribution in [2.24, 2.45) is 0 Å². The number of carbonyl (C=O) groups is 8. The number of fused-ring (bicyclic) bond motifs is 6. The maximum absolute atomic E-state index is 13.0. The molecule has 24 nitrogen and oxygen atoms in total. The predicted molar refractivity (Wildman–Crippen MR) is 309 cm³/mol. The summed E-state index contributed by atoms with van der Waals surface area (Å²) in [5.41, 5.74) is 6.53. The lowest BCUT2D eigenvalue weighted by Crippen LogP contribution is -2.37. The number of carboxylic acids is 6. The van der Waals surface area contributed by atoms with Crippen LogP contribution < -0.4 is 0 Å². The minimum absolute atomic E-state index is 0.121. The highest BCUT2D eigenvalue weighted by molar-refractivity contribution is 7.19. The van der Waals surface area contributed by atoms with Crippen LogP contribution in [-0.2, 0) is 51.3 Å². The first-order chi connectivity index (χ1) is 39.0. The number of hydrogen-bond acceptors (Lipinski definition) is 16. The number of nitrogens with zero attached hydrogens (tertiary/aromatic N) is 8. The first kappa shape index (κ1) is 66.6. The molecule has 2 aliphatic rings. The van der Waals surface area contributed by atoms with E-state index in [1.165, 1.54) is 72.3 Å². The molecule has 0 atom stereocenters. The Balaban J connectivity index is 0.000000254. The number of likely N-dealkylation sites (N-methyl/N-ethyl adjacent to an activating group) is 2. The second-order valence-electron chi connectivity index (χ2n) is 19.3. The Morgan fingerprint density at radius 3 is 1.10 bits per heavy atom. The molecule has 8 rings (SSSR count). The van der Waals surface area contributed by atoms with Crippen LogP contribution in [0, 0.1) is 0 Å². The van der Waals surface area contributed by atoms with Gasteiger partial charge in [0.05, 0.1) is 35.3 Å². The molecule has 0 unspecified atom stereocenters. The van der Waals surface area contributed by atoms with Gasteiger partial charge in [-0.3, -0.25) is 28.2 Å². The number of benzene rings is 2. The van der Waals surface area contributed by atoms with E-state index >= 15 is 0 Å². The summed E-state index contributed by atoms with van der Waals surface area (Å²) in [4.78, 5) is 105. The minimum Gasteiger partial charge on any atom is -0.478 e. The van der Waals surface area contributed by atoms with Gasteiger partial charge in [-0.15, -0.1) is 0 Å². The fourth-order valence-corrected chi connectivity index (χ4v) is 10.8. The Bertz CT molecular complexity index is 2930. The van der Waals surface area contributed by atoms with Crippen LogP contribution in [-0.4, -0.2) is 197 Å². The van der Waals surface area contributed by atoms with Gasteiger partial charge >= 0.3 is 35.8 Å². The number of amides is 2. The van der Waals surface area contributed by atoms with Gasteiger partial charge in [0.2, 0.25) is 0 Å². The molecule has 2 aliphatic carbocycles. The predicted octanol–water partition coefficient (Wildman–Crippen LogP) is 7.20. The molecule has 0 spiro atoms. The molecule has 2 aromatic carbocycles. The highest BCUT2D eigenvalue weighted by atomic mass is 32.1. The highest BCUT2D eigenvalue weighted by Gasteiger charge is 2.27. The summed E-state index contributed by atoms with van der Waals surface area (Å²) in [6.45, 7) is 4.93. The van der Waals surface area contributed by atoms with Crippen molar-refractivity contribution in [1.82, 2.24) is 38.4 Å². The molecule has 6 N–H and O–H groups in total. The summed E-state index contributed by atoms with van der Waals surface area (Å²) >= 11 is 2.98. The number of carboxylic acid groups (broad SMARTS) is 6. The number of aromatic nitrogens is 4. The normalized spacial score (nSPS) is 13.8. The quantitative estimate of drug-likeness (QED) is 0.0412. The molecular formula is C56H72N8O16S2. The van der Waals surface area contributed by atoms with Gasteiger partial charge < -0.3 is 49.9 Å². The van der Waals surface area contributed by atoms with Crippen molar-refractivity contribution in [3.8, 4) is 0 Å². The number of rotatable bonds is 20. The Kier molecular flexibility index (Phi) is 27.4. The Morgan fingerprint density at radius 1 is 0.512 bits per heavy atom. The number of thiazole rings is 2. The maximum atomic E-state index is 13.0. The van der Waals surface area contributed by atoms with E-state index < -0.39 is 35.8 Å². The zero-order valence-electron chi connectivity index (χ0n) is 46.7. The van der Waals surface area contributed by atoms with Crippen LogP contribution in [0.25, 0.3) is 32.0 Å². The zero-order valence-corrected chi connectivity index (χ0v) is 48.3. The summed E-state index contributed by atoms with van der Waals surface area (Å²) < 4.78 is 14.5. The molecule has 26 heteroatoms. The van der Waals surface area contributed by atoms with E-state index in [1.807, 2.05) is 36.3 Å². The molecule has 6 aromatic rings. The number of aliphatic carboxylic acids is 6. The number of carbonyl (C=O) groups excluding carboxylic acids is 2. The van der Waals surface area contributed by atoms with Gasteiger partial charge in [0, 0.05) is 115 Å². The van der Waals surface area contributed by atoms with Crippen LogP contribution in [0.1, 0.15) is 94.7 Å². The monoisotopic (exact) mass is 1180 g/mol. The summed E-state index contributed by atoms with van der Waals surface area (Å²) in [7, 11) is 11.5. The van der Waals surface area contributed by atoms with Gasteiger partial charge in [-0.25, -0.2) is 38.7 Å². The molecule has 0 radical (unpaired) electrons. The van der Waals surface area contributed by atoms with Crippen LogP contribution in [0.3, 0.4) is 0 Å². The largest absolute Gasteiger partial charge is 0.478 e. The van der Waals surface area contributed by atoms with E-state index in [2.05, 4.69) is 69.1 Å². The van der Waals surface area contributed by atoms with Crippen LogP contribution in [0.4, 0.5) is 0 Å². The summed E-state index contributed by atoms with van der Waals surface area (Å²) in [5, 5.41) is 46.9. The van der Waals surface area contributed by atoms with Gasteiger partial charge in [-0.1, -0.05) is 73.3 Å². The smallest absolute Gasteiger partial charge is 0.328 e. The van der Waals surface area contributed by atoms with Crippen molar-refractivity contribution in [2.45, 2.75) is 89.4 Å². The van der Waals surface area contributed by atoms with Crippen molar-refractivity contribution in [1.29, 1.82) is 0 Å². The maximum Gasteiger partial charge on any atom is 0.328 e. The molecule has 0 saturated heterocycles. The van der Waals surface area contributed by atoms with Gasteiger partial charge in [0.15, 0.2) is 9.92 Å². The molecule has 0 bridgehead atoms. The molecule has 0 aliphatic heterocycles.